The fourth-order valence-corrected chi connectivity index (χ4v) is 6.52. The molecule has 2 aromatic heterocycles. The molecule has 4 heterocycles. The topological polar surface area (TPSA) is 218 Å². The first-order chi connectivity index (χ1) is 15.9. The number of anilines is 1. The van der Waals surface area contributed by atoms with Crippen molar-refractivity contribution in [2.75, 3.05) is 31.0 Å². The van der Waals surface area contributed by atoms with Crippen molar-refractivity contribution in [2.45, 2.75) is 43.3 Å². The first-order valence-corrected chi connectivity index (χ1v) is 14.2. The van der Waals surface area contributed by atoms with E-state index in [1.165, 1.54) is 10.7 Å². The molecule has 0 saturated carbocycles. The van der Waals surface area contributed by atoms with Gasteiger partial charge in [-0.05, 0) is 24.4 Å². The lowest BCUT2D eigenvalue weighted by atomic mass is 10.1. The zero-order valence-corrected chi connectivity index (χ0v) is 20.1. The third-order valence-corrected chi connectivity index (χ3v) is 9.00. The highest BCUT2D eigenvalue weighted by atomic mass is 35.5. The van der Waals surface area contributed by atoms with Gasteiger partial charge in [-0.15, -0.1) is 5.10 Å². The second-order valence-electron chi connectivity index (χ2n) is 7.99. The van der Waals surface area contributed by atoms with E-state index in [1.807, 2.05) is 0 Å². The van der Waals surface area contributed by atoms with Gasteiger partial charge in [0.15, 0.2) is 17.4 Å². The van der Waals surface area contributed by atoms with Crippen LogP contribution in [-0.2, 0) is 23.1 Å². The molecule has 15 nitrogen and oxygen atoms in total. The molecule has 5 unspecified atom stereocenters. The zero-order chi connectivity index (χ0) is 24.7. The summed E-state index contributed by atoms with van der Waals surface area (Å²) in [5.41, 5.74) is 0.531. The molecular weight excluding hydrogens is 520 g/mol. The SMILES string of the molecule is O=P(O)(O)CP(=O)(O)OCC1OC(c2cnc3c(NC4CCOCC4)nc(Cl)nn23)C(O)C1O. The molecule has 0 spiro atoms. The minimum Gasteiger partial charge on any atom is -0.387 e. The number of aromatic nitrogens is 4. The highest BCUT2D eigenvalue weighted by Crippen LogP contribution is 2.55. The van der Waals surface area contributed by atoms with Crippen molar-refractivity contribution >= 4 is 38.3 Å². The van der Waals surface area contributed by atoms with Gasteiger partial charge in [-0.2, -0.15) is 4.98 Å². The Hall–Kier alpha value is -1.22. The van der Waals surface area contributed by atoms with Crippen LogP contribution in [0.1, 0.15) is 24.6 Å². The van der Waals surface area contributed by atoms with Gasteiger partial charge in [0, 0.05) is 19.3 Å². The Morgan fingerprint density at radius 2 is 1.91 bits per heavy atom. The standard InChI is InChI=1S/C16H24ClN5O10P2/c17-16-20-14(19-8-1-3-30-4-2-8)15-18-5-9(22(15)21-16)13-12(24)11(23)10(32-13)6-31-34(28,29)7-33(25,26)27/h5,8,10-13,23-24H,1-4,6-7H2,(H,28,29)(H,19,20,21)(H2,25,26,27). The molecule has 2 fully saturated rings. The fraction of sp³-hybridized carbons (Fsp3) is 0.688. The maximum Gasteiger partial charge on any atom is 0.340 e. The molecule has 0 bridgehead atoms. The van der Waals surface area contributed by atoms with Crippen molar-refractivity contribution in [3.63, 3.8) is 0 Å². The Labute approximate surface area is 197 Å². The number of rotatable bonds is 8. The Kier molecular flexibility index (Phi) is 7.63. The molecule has 0 aliphatic carbocycles. The molecule has 0 radical (unpaired) electrons. The molecule has 6 N–H and O–H groups in total. The van der Waals surface area contributed by atoms with E-state index in [2.05, 4.69) is 20.4 Å². The van der Waals surface area contributed by atoms with Crippen molar-refractivity contribution in [3.05, 3.63) is 17.2 Å². The largest absolute Gasteiger partial charge is 0.387 e. The number of aliphatic hydroxyl groups is 2. The number of fused-ring (bicyclic) bond motifs is 1. The molecule has 190 valence electrons. The maximum atomic E-state index is 11.9. The second kappa shape index (κ2) is 10.0. The monoisotopic (exact) mass is 543 g/mol. The molecule has 34 heavy (non-hydrogen) atoms. The van der Waals surface area contributed by atoms with Crippen molar-refractivity contribution in [3.8, 4) is 0 Å². The number of hydrogen-bond donors (Lipinski definition) is 6. The van der Waals surface area contributed by atoms with Crippen molar-refractivity contribution < 1.29 is 48.0 Å². The molecule has 2 aliphatic rings. The third kappa shape index (κ3) is 5.94. The molecule has 0 amide bonds. The summed E-state index contributed by atoms with van der Waals surface area (Å²) in [5.74, 6) is -1.02. The molecule has 5 atom stereocenters. The summed E-state index contributed by atoms with van der Waals surface area (Å²) in [5, 5.41) is 28.2. The lowest BCUT2D eigenvalue weighted by Gasteiger charge is -2.23. The van der Waals surface area contributed by atoms with Crippen LogP contribution in [0.4, 0.5) is 5.82 Å². The molecular formula is C16H24ClN5O10P2. The Morgan fingerprint density at radius 1 is 1.21 bits per heavy atom. The molecule has 0 aromatic carbocycles. The molecule has 4 rings (SSSR count). The van der Waals surface area contributed by atoms with Crippen molar-refractivity contribution in [2.24, 2.45) is 0 Å². The Balaban J connectivity index is 1.52. The van der Waals surface area contributed by atoms with Crippen LogP contribution in [0.15, 0.2) is 6.20 Å². The summed E-state index contributed by atoms with van der Waals surface area (Å²) >= 11 is 6.09. The minimum absolute atomic E-state index is 0.0858. The van der Waals surface area contributed by atoms with Crippen LogP contribution < -0.4 is 5.32 Å². The quantitative estimate of drug-likeness (QED) is 0.239. The smallest absolute Gasteiger partial charge is 0.340 e. The third-order valence-electron chi connectivity index (χ3n) is 5.38. The molecule has 2 aromatic rings. The average Bonchev–Trinajstić information content (AvgIpc) is 3.27. The van der Waals surface area contributed by atoms with E-state index >= 15 is 0 Å². The van der Waals surface area contributed by atoms with E-state index in [-0.39, 0.29) is 17.0 Å². The summed E-state index contributed by atoms with van der Waals surface area (Å²) < 4.78 is 39.9. The van der Waals surface area contributed by atoms with Gasteiger partial charge in [0.25, 0.3) is 0 Å². The van der Waals surface area contributed by atoms with Gasteiger partial charge >= 0.3 is 15.2 Å². The van der Waals surface area contributed by atoms with Crippen LogP contribution in [0.5, 0.6) is 0 Å². The maximum absolute atomic E-state index is 11.9. The molecule has 2 aliphatic heterocycles. The minimum atomic E-state index is -4.82. The normalized spacial score (nSPS) is 28.3. The van der Waals surface area contributed by atoms with Gasteiger partial charge in [-0.3, -0.25) is 9.13 Å². The van der Waals surface area contributed by atoms with E-state index in [1.54, 1.807) is 0 Å². The lowest BCUT2D eigenvalue weighted by molar-refractivity contribution is -0.0204. The Bertz CT molecular complexity index is 1130. The zero-order valence-electron chi connectivity index (χ0n) is 17.5. The van der Waals surface area contributed by atoms with Gasteiger partial charge in [0.2, 0.25) is 5.28 Å². The van der Waals surface area contributed by atoms with E-state index < -0.39 is 52.1 Å². The fourth-order valence-electron chi connectivity index (χ4n) is 3.79. The van der Waals surface area contributed by atoms with Crippen LogP contribution in [0, 0.1) is 0 Å². The summed E-state index contributed by atoms with van der Waals surface area (Å²) in [6, 6.07) is 0.0858. The number of nitrogens with one attached hydrogen (secondary N) is 1. The van der Waals surface area contributed by atoms with Crippen LogP contribution in [-0.4, -0.2) is 94.6 Å². The van der Waals surface area contributed by atoms with Gasteiger partial charge in [0.1, 0.15) is 24.4 Å². The van der Waals surface area contributed by atoms with Crippen LogP contribution >= 0.6 is 26.8 Å². The van der Waals surface area contributed by atoms with Gasteiger partial charge < -0.3 is 44.2 Å². The number of halogens is 1. The van der Waals surface area contributed by atoms with Crippen molar-refractivity contribution in [1.29, 1.82) is 0 Å². The van der Waals surface area contributed by atoms with Gasteiger partial charge in [-0.1, -0.05) is 0 Å². The highest BCUT2D eigenvalue weighted by Gasteiger charge is 2.46. The van der Waals surface area contributed by atoms with Crippen LogP contribution in [0.3, 0.4) is 0 Å². The number of nitrogens with zero attached hydrogens (tertiary/aromatic N) is 4. The number of hydrogen-bond acceptors (Lipinski definition) is 11. The Morgan fingerprint density at radius 3 is 2.59 bits per heavy atom. The van der Waals surface area contributed by atoms with Crippen molar-refractivity contribution in [1.82, 2.24) is 19.6 Å². The summed E-state index contributed by atoms with van der Waals surface area (Å²) in [4.78, 5) is 35.9. The van der Waals surface area contributed by atoms with Gasteiger partial charge in [-0.25, -0.2) is 9.50 Å². The number of imidazole rings is 1. The summed E-state index contributed by atoms with van der Waals surface area (Å²) in [6.07, 6.45) is -2.59. The first-order valence-electron chi connectivity index (χ1n) is 10.2. The predicted octanol–water partition coefficient (Wildman–Crippen LogP) is -0.133. The van der Waals surface area contributed by atoms with E-state index in [0.29, 0.717) is 24.7 Å². The van der Waals surface area contributed by atoms with Crippen LogP contribution in [0.25, 0.3) is 5.65 Å². The van der Waals surface area contributed by atoms with E-state index in [0.717, 1.165) is 12.8 Å². The van der Waals surface area contributed by atoms with E-state index in [4.69, 9.17) is 35.4 Å². The van der Waals surface area contributed by atoms with Crippen LogP contribution in [0.2, 0.25) is 5.28 Å². The highest BCUT2D eigenvalue weighted by molar-refractivity contribution is 7.70. The summed E-state index contributed by atoms with van der Waals surface area (Å²) in [6.45, 7) is 0.501. The number of aliphatic hydroxyl groups excluding tert-OH is 2. The predicted molar refractivity (Wildman–Crippen MR) is 116 cm³/mol. The molecule has 18 heteroatoms. The van der Waals surface area contributed by atoms with Gasteiger partial charge in [0.05, 0.1) is 18.5 Å². The second-order valence-corrected chi connectivity index (χ2v) is 12.3. The average molecular weight is 544 g/mol. The first kappa shape index (κ1) is 25.9. The number of ether oxygens (including phenoxy) is 2. The van der Waals surface area contributed by atoms with E-state index in [9.17, 15) is 24.2 Å². The summed E-state index contributed by atoms with van der Waals surface area (Å²) in [7, 11) is -9.49. The molecule has 2 saturated heterocycles. The lowest BCUT2D eigenvalue weighted by Crippen LogP contribution is -2.33.